The van der Waals surface area contributed by atoms with Gasteiger partial charge in [-0.15, -0.1) is 0 Å². The number of halogens is 3. The Kier molecular flexibility index (Phi) is 6.53. The molecule has 5 nitrogen and oxygen atoms in total. The minimum absolute atomic E-state index is 0.0376. The van der Waals surface area contributed by atoms with Crippen molar-refractivity contribution in [3.8, 4) is 0 Å². The highest BCUT2D eigenvalue weighted by Gasteiger charge is 2.43. The topological polar surface area (TPSA) is 45.7 Å². The van der Waals surface area contributed by atoms with E-state index in [0.29, 0.717) is 13.1 Å². The van der Waals surface area contributed by atoms with Crippen molar-refractivity contribution in [3.05, 3.63) is 65.5 Å². The quantitative estimate of drug-likeness (QED) is 0.710. The van der Waals surface area contributed by atoms with Crippen LogP contribution in [0.3, 0.4) is 0 Å². The Morgan fingerprint density at radius 1 is 1.19 bits per heavy atom. The number of amides is 1. The summed E-state index contributed by atoms with van der Waals surface area (Å²) in [7, 11) is 0. The summed E-state index contributed by atoms with van der Waals surface area (Å²) in [5, 5.41) is 0. The molecule has 4 rings (SSSR count). The molecule has 2 aliphatic rings. The maximum atomic E-state index is 13.0. The van der Waals surface area contributed by atoms with E-state index in [0.717, 1.165) is 51.2 Å². The molecule has 1 amide bonds. The lowest BCUT2D eigenvalue weighted by Gasteiger charge is -2.49. The van der Waals surface area contributed by atoms with Crippen LogP contribution < -0.4 is 0 Å². The maximum absolute atomic E-state index is 13.0. The number of ether oxygens (including phenoxy) is 1. The number of carbonyl (C=O) groups is 1. The van der Waals surface area contributed by atoms with E-state index in [1.54, 1.807) is 4.90 Å². The molecule has 32 heavy (non-hydrogen) atoms. The van der Waals surface area contributed by atoms with Crippen LogP contribution in [0.1, 0.15) is 41.3 Å². The van der Waals surface area contributed by atoms with Gasteiger partial charge in [-0.25, -0.2) is 0 Å². The minimum atomic E-state index is -4.53. The number of hydrogen-bond acceptors (Lipinski definition) is 4. The number of aromatic nitrogens is 1. The standard InChI is InChI=1S/C24H28F3N3O2/c1-18-16-30(22(31)20-13-21(15-28-14-20)24(25,26)27)17-23(32-18)8-11-29(12-9-23)10-7-19-5-3-2-4-6-19/h2-6,13-15,18H,7-12,16-17H2,1H3. The van der Waals surface area contributed by atoms with Gasteiger partial charge in [-0.3, -0.25) is 9.78 Å². The molecular formula is C24H28F3N3O2. The molecule has 1 unspecified atom stereocenters. The van der Waals surface area contributed by atoms with Crippen molar-refractivity contribution in [3.63, 3.8) is 0 Å². The Bertz CT molecular complexity index is 928. The van der Waals surface area contributed by atoms with Gasteiger partial charge in [0.15, 0.2) is 0 Å². The minimum Gasteiger partial charge on any atom is -0.368 e. The van der Waals surface area contributed by atoms with E-state index in [-0.39, 0.29) is 11.7 Å². The van der Waals surface area contributed by atoms with Crippen LogP contribution in [-0.2, 0) is 17.3 Å². The van der Waals surface area contributed by atoms with E-state index in [1.165, 1.54) is 11.8 Å². The number of benzene rings is 1. The molecule has 0 aliphatic carbocycles. The first-order valence-electron chi connectivity index (χ1n) is 11.0. The summed E-state index contributed by atoms with van der Waals surface area (Å²) < 4.78 is 45.4. The Labute approximate surface area is 186 Å². The van der Waals surface area contributed by atoms with Crippen molar-refractivity contribution < 1.29 is 22.7 Å². The number of pyridine rings is 1. The number of nitrogens with zero attached hydrogens (tertiary/aromatic N) is 3. The highest BCUT2D eigenvalue weighted by Crippen LogP contribution is 2.34. The van der Waals surface area contributed by atoms with E-state index in [1.807, 2.05) is 25.1 Å². The molecule has 1 atom stereocenters. The number of morpholine rings is 1. The number of piperidine rings is 1. The molecule has 1 aromatic carbocycles. The second kappa shape index (κ2) is 9.19. The zero-order valence-corrected chi connectivity index (χ0v) is 18.1. The first-order chi connectivity index (χ1) is 15.2. The van der Waals surface area contributed by atoms with Crippen LogP contribution in [0, 0.1) is 0 Å². The van der Waals surface area contributed by atoms with Gasteiger partial charge in [0, 0.05) is 38.6 Å². The van der Waals surface area contributed by atoms with Crippen LogP contribution in [0.25, 0.3) is 0 Å². The van der Waals surface area contributed by atoms with E-state index in [4.69, 9.17) is 4.74 Å². The third-order valence-corrected chi connectivity index (χ3v) is 6.33. The second-order valence-electron chi connectivity index (χ2n) is 8.83. The van der Waals surface area contributed by atoms with Gasteiger partial charge >= 0.3 is 6.18 Å². The normalized spacial score (nSPS) is 21.6. The van der Waals surface area contributed by atoms with Crippen molar-refractivity contribution in [2.45, 2.75) is 44.1 Å². The fourth-order valence-corrected chi connectivity index (χ4v) is 4.67. The van der Waals surface area contributed by atoms with Crippen molar-refractivity contribution >= 4 is 5.91 Å². The van der Waals surface area contributed by atoms with Gasteiger partial charge in [-0.2, -0.15) is 13.2 Å². The van der Waals surface area contributed by atoms with Gasteiger partial charge in [-0.05, 0) is 37.8 Å². The number of likely N-dealkylation sites (tertiary alicyclic amines) is 1. The van der Waals surface area contributed by atoms with E-state index < -0.39 is 23.2 Å². The highest BCUT2D eigenvalue weighted by atomic mass is 19.4. The molecule has 0 saturated carbocycles. The fraction of sp³-hybridized carbons (Fsp3) is 0.500. The molecule has 2 aliphatic heterocycles. The molecule has 172 valence electrons. The number of carbonyl (C=O) groups excluding carboxylic acids is 1. The average Bonchev–Trinajstić information content (AvgIpc) is 2.78. The summed E-state index contributed by atoms with van der Waals surface area (Å²) in [4.78, 5) is 20.7. The molecule has 2 saturated heterocycles. The van der Waals surface area contributed by atoms with E-state index >= 15 is 0 Å². The summed E-state index contributed by atoms with van der Waals surface area (Å²) in [5.74, 6) is -0.426. The molecular weight excluding hydrogens is 419 g/mol. The van der Waals surface area contributed by atoms with Gasteiger partial charge in [-0.1, -0.05) is 30.3 Å². The predicted octanol–water partition coefficient (Wildman–Crippen LogP) is 4.04. The van der Waals surface area contributed by atoms with Gasteiger partial charge in [0.2, 0.25) is 0 Å². The molecule has 1 aromatic heterocycles. The number of rotatable bonds is 4. The lowest BCUT2D eigenvalue weighted by Crippen LogP contribution is -2.60. The zero-order valence-electron chi connectivity index (χ0n) is 18.1. The van der Waals surface area contributed by atoms with Crippen LogP contribution in [0.2, 0.25) is 0 Å². The van der Waals surface area contributed by atoms with Gasteiger partial charge in [0.1, 0.15) is 0 Å². The second-order valence-corrected chi connectivity index (χ2v) is 8.83. The largest absolute Gasteiger partial charge is 0.417 e. The lowest BCUT2D eigenvalue weighted by atomic mass is 9.88. The van der Waals surface area contributed by atoms with Crippen LogP contribution in [-0.4, -0.2) is 65.1 Å². The predicted molar refractivity (Wildman–Crippen MR) is 114 cm³/mol. The summed E-state index contributed by atoms with van der Waals surface area (Å²) in [6.45, 7) is 5.36. The van der Waals surface area contributed by atoms with Crippen LogP contribution >= 0.6 is 0 Å². The third kappa shape index (κ3) is 5.30. The summed E-state index contributed by atoms with van der Waals surface area (Å²) in [5.41, 5.74) is -0.0942. The molecule has 2 aromatic rings. The Morgan fingerprint density at radius 2 is 1.91 bits per heavy atom. The third-order valence-electron chi connectivity index (χ3n) is 6.33. The first kappa shape index (κ1) is 22.7. The molecule has 0 bridgehead atoms. The highest BCUT2D eigenvalue weighted by molar-refractivity contribution is 5.94. The van der Waals surface area contributed by atoms with Crippen LogP contribution in [0.15, 0.2) is 48.8 Å². The average molecular weight is 448 g/mol. The molecule has 3 heterocycles. The van der Waals surface area contributed by atoms with Crippen molar-refractivity contribution in [1.29, 1.82) is 0 Å². The van der Waals surface area contributed by atoms with E-state index in [9.17, 15) is 18.0 Å². The SMILES string of the molecule is CC1CN(C(=O)c2cncc(C(F)(F)F)c2)CC2(CCN(CCc3ccccc3)CC2)O1. The van der Waals surface area contributed by atoms with Crippen molar-refractivity contribution in [1.82, 2.24) is 14.8 Å². The van der Waals surface area contributed by atoms with Crippen LogP contribution in [0.4, 0.5) is 13.2 Å². The van der Waals surface area contributed by atoms with Gasteiger partial charge in [0.05, 0.1) is 29.4 Å². The van der Waals surface area contributed by atoms with Crippen LogP contribution in [0.5, 0.6) is 0 Å². The summed E-state index contributed by atoms with van der Waals surface area (Å²) in [6, 6.07) is 11.2. The summed E-state index contributed by atoms with van der Waals surface area (Å²) in [6.07, 6.45) is -0.203. The Balaban J connectivity index is 1.39. The monoisotopic (exact) mass is 447 g/mol. The molecule has 2 fully saturated rings. The Hall–Kier alpha value is -2.45. The molecule has 0 N–H and O–H groups in total. The number of hydrogen-bond donors (Lipinski definition) is 0. The fourth-order valence-electron chi connectivity index (χ4n) is 4.67. The van der Waals surface area contributed by atoms with Crippen molar-refractivity contribution in [2.24, 2.45) is 0 Å². The zero-order chi connectivity index (χ0) is 22.8. The van der Waals surface area contributed by atoms with Crippen molar-refractivity contribution in [2.75, 3.05) is 32.7 Å². The lowest BCUT2D eigenvalue weighted by molar-refractivity contribution is -0.161. The molecule has 8 heteroatoms. The maximum Gasteiger partial charge on any atom is 0.417 e. The Morgan fingerprint density at radius 3 is 2.59 bits per heavy atom. The molecule has 1 spiro atoms. The smallest absolute Gasteiger partial charge is 0.368 e. The molecule has 0 radical (unpaired) electrons. The van der Waals surface area contributed by atoms with Gasteiger partial charge < -0.3 is 14.5 Å². The number of alkyl halides is 3. The van der Waals surface area contributed by atoms with E-state index in [2.05, 4.69) is 22.0 Å². The van der Waals surface area contributed by atoms with Gasteiger partial charge in [0.25, 0.3) is 5.91 Å². The first-order valence-corrected chi connectivity index (χ1v) is 11.0. The summed E-state index contributed by atoms with van der Waals surface area (Å²) >= 11 is 0.